The maximum Gasteiger partial charge on any atom is 0.220 e. The van der Waals surface area contributed by atoms with Crippen LogP contribution in [0.25, 0.3) is 5.57 Å². The molecule has 1 amide bonds. The standard InChI is InChI=1S/C31H41N3OS/c35-30(14-13-24-8-7-17-32-22-24)33-18-5-6-19-34-20-15-25(16-21-34)31-27-10-2-1-9-26(27)23-36-29-12-4-3-11-28(29)31/h1-4,9-12,24,32H,5-8,13-23H2,(H,33,35). The lowest BCUT2D eigenvalue weighted by atomic mass is 9.86. The number of nitrogens with zero attached hydrogens (tertiary/aromatic N) is 1. The molecule has 1 unspecified atom stereocenters. The molecule has 2 aromatic carbocycles. The fraction of sp³-hybridized carbons (Fsp3) is 0.516. The summed E-state index contributed by atoms with van der Waals surface area (Å²) in [4.78, 5) is 16.2. The highest BCUT2D eigenvalue weighted by atomic mass is 32.2. The van der Waals surface area contributed by atoms with Crippen molar-refractivity contribution in [1.29, 1.82) is 0 Å². The molecule has 2 aromatic rings. The molecule has 3 heterocycles. The van der Waals surface area contributed by atoms with Crippen molar-refractivity contribution >= 4 is 23.2 Å². The van der Waals surface area contributed by atoms with Gasteiger partial charge in [0.05, 0.1) is 0 Å². The van der Waals surface area contributed by atoms with E-state index in [9.17, 15) is 4.79 Å². The van der Waals surface area contributed by atoms with Gasteiger partial charge in [0, 0.05) is 36.7 Å². The Hall–Kier alpha value is -2.08. The van der Waals surface area contributed by atoms with E-state index in [1.165, 1.54) is 40.0 Å². The lowest BCUT2D eigenvalue weighted by molar-refractivity contribution is -0.121. The number of carbonyl (C=O) groups excluding carboxylic acids is 1. The number of thioether (sulfide) groups is 1. The predicted molar refractivity (Wildman–Crippen MR) is 151 cm³/mol. The molecule has 3 aliphatic rings. The first-order valence-corrected chi connectivity index (χ1v) is 15.0. The first-order valence-electron chi connectivity index (χ1n) is 14.0. The molecule has 5 heteroatoms. The number of rotatable bonds is 8. The minimum atomic E-state index is 0.233. The summed E-state index contributed by atoms with van der Waals surface area (Å²) >= 11 is 1.97. The van der Waals surface area contributed by atoms with E-state index < -0.39 is 0 Å². The molecule has 36 heavy (non-hydrogen) atoms. The summed E-state index contributed by atoms with van der Waals surface area (Å²) in [6.45, 7) is 6.45. The van der Waals surface area contributed by atoms with Crippen molar-refractivity contribution in [3.8, 4) is 0 Å². The van der Waals surface area contributed by atoms with Gasteiger partial charge in [-0.25, -0.2) is 0 Å². The van der Waals surface area contributed by atoms with E-state index in [0.717, 1.165) is 77.1 Å². The van der Waals surface area contributed by atoms with Crippen LogP contribution in [0.5, 0.6) is 0 Å². The molecule has 0 saturated carbocycles. The molecule has 0 aromatic heterocycles. The van der Waals surface area contributed by atoms with Crippen molar-refractivity contribution < 1.29 is 4.79 Å². The topological polar surface area (TPSA) is 44.4 Å². The quantitative estimate of drug-likeness (QED) is 0.443. The van der Waals surface area contributed by atoms with Crippen LogP contribution < -0.4 is 10.6 Å². The van der Waals surface area contributed by atoms with Crippen molar-refractivity contribution in [3.63, 3.8) is 0 Å². The summed E-state index contributed by atoms with van der Waals surface area (Å²) in [6, 6.07) is 18.0. The van der Waals surface area contributed by atoms with E-state index in [0.29, 0.717) is 12.3 Å². The van der Waals surface area contributed by atoms with Gasteiger partial charge in [-0.3, -0.25) is 4.79 Å². The van der Waals surface area contributed by atoms with Crippen molar-refractivity contribution in [2.45, 2.75) is 62.0 Å². The van der Waals surface area contributed by atoms with Gasteiger partial charge in [0.25, 0.3) is 0 Å². The van der Waals surface area contributed by atoms with Gasteiger partial charge in [0.2, 0.25) is 5.91 Å². The highest BCUT2D eigenvalue weighted by Crippen LogP contribution is 2.43. The summed E-state index contributed by atoms with van der Waals surface area (Å²) in [6.07, 6.45) is 8.75. The van der Waals surface area contributed by atoms with Gasteiger partial charge in [0.15, 0.2) is 0 Å². The van der Waals surface area contributed by atoms with Crippen molar-refractivity contribution in [3.05, 3.63) is 70.8 Å². The number of nitrogens with one attached hydrogen (secondary N) is 2. The number of benzene rings is 2. The zero-order valence-corrected chi connectivity index (χ0v) is 22.4. The van der Waals surface area contributed by atoms with Crippen LogP contribution in [-0.4, -0.2) is 50.1 Å². The first kappa shape index (κ1) is 25.6. The van der Waals surface area contributed by atoms with Gasteiger partial charge in [0.1, 0.15) is 0 Å². The molecule has 0 spiro atoms. The summed E-state index contributed by atoms with van der Waals surface area (Å²) < 4.78 is 0. The molecule has 0 bridgehead atoms. The van der Waals surface area contributed by atoms with E-state index in [1.54, 1.807) is 5.57 Å². The Kier molecular flexibility index (Phi) is 9.19. The van der Waals surface area contributed by atoms with Crippen molar-refractivity contribution in [1.82, 2.24) is 15.5 Å². The highest BCUT2D eigenvalue weighted by Gasteiger charge is 2.24. The summed E-state index contributed by atoms with van der Waals surface area (Å²) in [7, 11) is 0. The van der Waals surface area contributed by atoms with E-state index in [-0.39, 0.29) is 5.91 Å². The minimum absolute atomic E-state index is 0.233. The number of piperidine rings is 2. The van der Waals surface area contributed by atoms with E-state index in [4.69, 9.17) is 0 Å². The third kappa shape index (κ3) is 6.62. The SMILES string of the molecule is O=C(CCC1CCCNC1)NCCCCN1CCC(=C2c3ccccc3CSc3ccccc32)CC1. The predicted octanol–water partition coefficient (Wildman–Crippen LogP) is 5.87. The van der Waals surface area contributed by atoms with E-state index >= 15 is 0 Å². The Morgan fingerprint density at radius 3 is 2.67 bits per heavy atom. The summed E-state index contributed by atoms with van der Waals surface area (Å²) in [5.41, 5.74) is 7.44. The normalized spacial score (nSPS) is 20.4. The van der Waals surface area contributed by atoms with Crippen LogP contribution in [0.1, 0.15) is 68.1 Å². The molecule has 1 atom stereocenters. The molecule has 4 nitrogen and oxygen atoms in total. The molecule has 5 rings (SSSR count). The van der Waals surface area contributed by atoms with Crippen LogP contribution in [0, 0.1) is 5.92 Å². The fourth-order valence-electron chi connectivity index (χ4n) is 5.95. The molecule has 192 valence electrons. The Morgan fingerprint density at radius 2 is 1.83 bits per heavy atom. The van der Waals surface area contributed by atoms with Crippen molar-refractivity contribution in [2.24, 2.45) is 5.92 Å². The maximum atomic E-state index is 12.2. The zero-order chi connectivity index (χ0) is 24.6. The molecule has 0 aliphatic carbocycles. The summed E-state index contributed by atoms with van der Waals surface area (Å²) in [5, 5.41) is 6.59. The molecule has 2 saturated heterocycles. The van der Waals surface area contributed by atoms with Gasteiger partial charge in [-0.15, -0.1) is 11.8 Å². The Bertz CT molecular complexity index is 1000. The lowest BCUT2D eigenvalue weighted by Gasteiger charge is -2.30. The Morgan fingerprint density at radius 1 is 1.03 bits per heavy atom. The van der Waals surface area contributed by atoms with Gasteiger partial charge in [-0.2, -0.15) is 0 Å². The van der Waals surface area contributed by atoms with Crippen LogP contribution in [0.2, 0.25) is 0 Å². The van der Waals surface area contributed by atoms with Gasteiger partial charge in [-0.05, 0) is 98.8 Å². The number of carbonyl (C=O) groups is 1. The number of hydrogen-bond acceptors (Lipinski definition) is 4. The number of fused-ring (bicyclic) bond motifs is 2. The number of unbranched alkanes of at least 4 members (excludes halogenated alkanes) is 1. The number of likely N-dealkylation sites (tertiary alicyclic amines) is 1. The Labute approximate surface area is 221 Å². The number of hydrogen-bond donors (Lipinski definition) is 2. The highest BCUT2D eigenvalue weighted by molar-refractivity contribution is 7.98. The average Bonchev–Trinajstić information content (AvgIpc) is 3.10. The third-order valence-corrected chi connectivity index (χ3v) is 9.16. The molecule has 0 radical (unpaired) electrons. The molecule has 2 N–H and O–H groups in total. The second kappa shape index (κ2) is 12.9. The first-order chi connectivity index (χ1) is 17.8. The van der Waals surface area contributed by atoms with Gasteiger partial charge < -0.3 is 15.5 Å². The monoisotopic (exact) mass is 503 g/mol. The van der Waals surface area contributed by atoms with Crippen molar-refractivity contribution in [2.75, 3.05) is 39.3 Å². The Balaban J connectivity index is 1.08. The molecular formula is C31H41N3OS. The smallest absolute Gasteiger partial charge is 0.220 e. The van der Waals surface area contributed by atoms with Crippen LogP contribution in [0.3, 0.4) is 0 Å². The van der Waals surface area contributed by atoms with Gasteiger partial charge in [-0.1, -0.05) is 48.0 Å². The van der Waals surface area contributed by atoms with Crippen LogP contribution in [0.4, 0.5) is 0 Å². The number of amides is 1. The second-order valence-corrected chi connectivity index (χ2v) is 11.6. The molecular weight excluding hydrogens is 462 g/mol. The largest absolute Gasteiger partial charge is 0.356 e. The fourth-order valence-corrected chi connectivity index (χ4v) is 7.01. The van der Waals surface area contributed by atoms with Crippen LogP contribution in [-0.2, 0) is 10.5 Å². The zero-order valence-electron chi connectivity index (χ0n) is 21.6. The molecule has 2 fully saturated rings. The average molecular weight is 504 g/mol. The minimum Gasteiger partial charge on any atom is -0.356 e. The van der Waals surface area contributed by atoms with Crippen LogP contribution in [0.15, 0.2) is 59.0 Å². The summed E-state index contributed by atoms with van der Waals surface area (Å²) in [5.74, 6) is 1.96. The van der Waals surface area contributed by atoms with E-state index in [2.05, 4.69) is 64.1 Å². The molecule has 3 aliphatic heterocycles. The van der Waals surface area contributed by atoms with Gasteiger partial charge >= 0.3 is 0 Å². The second-order valence-electron chi connectivity index (χ2n) is 10.6. The maximum absolute atomic E-state index is 12.2. The third-order valence-electron chi connectivity index (χ3n) is 8.04. The van der Waals surface area contributed by atoms with Crippen LogP contribution >= 0.6 is 11.8 Å². The lowest BCUT2D eigenvalue weighted by Crippen LogP contribution is -2.33. The van der Waals surface area contributed by atoms with E-state index in [1.807, 2.05) is 11.8 Å².